The molecule has 0 aromatic rings. The summed E-state index contributed by atoms with van der Waals surface area (Å²) in [7, 11) is -4.64. The van der Waals surface area contributed by atoms with Crippen molar-refractivity contribution in [2.24, 2.45) is 5.41 Å². The average molecular weight is 306 g/mol. The fourth-order valence-electron chi connectivity index (χ4n) is 1.47. The van der Waals surface area contributed by atoms with Gasteiger partial charge in [-0.3, -0.25) is 20.2 Å². The van der Waals surface area contributed by atoms with Gasteiger partial charge in [0.05, 0.1) is 0 Å². The topological polar surface area (TPSA) is 153 Å². The van der Waals surface area contributed by atoms with Crippen LogP contribution in [0.1, 0.15) is 28.1 Å². The molecular weight excluding hydrogens is 290 g/mol. The molecule has 1 saturated heterocycles. The van der Waals surface area contributed by atoms with Gasteiger partial charge in [0, 0.05) is 0 Å². The minimum atomic E-state index is -4.64. The third kappa shape index (κ3) is 6.62. The molecule has 0 saturated carbocycles. The first-order valence-electron chi connectivity index (χ1n) is 5.02. The molecule has 0 aliphatic carbocycles. The molecule has 1 aliphatic rings. The van der Waals surface area contributed by atoms with Gasteiger partial charge in [0.2, 0.25) is 11.8 Å². The summed E-state index contributed by atoms with van der Waals surface area (Å²) in [6.45, 7) is 3.50. The van der Waals surface area contributed by atoms with Crippen molar-refractivity contribution in [2.75, 3.05) is 0 Å². The van der Waals surface area contributed by atoms with Crippen molar-refractivity contribution in [3.8, 4) is 0 Å². The second-order valence-electron chi connectivity index (χ2n) is 3.54. The summed E-state index contributed by atoms with van der Waals surface area (Å²) in [5, 5.41) is 4.19. The van der Waals surface area contributed by atoms with E-state index in [2.05, 4.69) is 10.6 Å². The minimum Gasteiger partial charge on any atom is -1.00 e. The zero-order valence-electron chi connectivity index (χ0n) is 11.8. The Morgan fingerprint density at radius 1 is 1.05 bits per heavy atom. The van der Waals surface area contributed by atoms with Gasteiger partial charge in [0.25, 0.3) is 0 Å². The molecule has 5 N–H and O–H groups in total. The molecule has 1 heterocycles. The van der Waals surface area contributed by atoms with Gasteiger partial charge >= 0.3 is 43.4 Å². The van der Waals surface area contributed by atoms with Crippen LogP contribution in [-0.2, 0) is 14.2 Å². The second-order valence-corrected chi connectivity index (χ2v) is 4.57. The Kier molecular flexibility index (Phi) is 8.97. The molecule has 0 spiro atoms. The molecule has 4 amide bonds. The van der Waals surface area contributed by atoms with E-state index in [4.69, 9.17) is 19.2 Å². The van der Waals surface area contributed by atoms with E-state index in [0.29, 0.717) is 12.8 Å². The fraction of sp³-hybridized carbons (Fsp3) is 0.625. The van der Waals surface area contributed by atoms with Crippen molar-refractivity contribution < 1.29 is 64.6 Å². The molecule has 9 nitrogen and oxygen atoms in total. The largest absolute Gasteiger partial charge is 1.00 e. The number of phosphoric acid groups is 1. The molecule has 1 rings (SSSR count). The van der Waals surface area contributed by atoms with E-state index in [1.165, 1.54) is 0 Å². The van der Waals surface area contributed by atoms with Gasteiger partial charge in [-0.15, -0.1) is 0 Å². The molecule has 0 atom stereocenters. The summed E-state index contributed by atoms with van der Waals surface area (Å²) in [6, 6.07) is -0.729. The van der Waals surface area contributed by atoms with Crippen molar-refractivity contribution in [1.29, 1.82) is 0 Å². The molecule has 19 heavy (non-hydrogen) atoms. The SMILES string of the molecule is CCC1(CC)C(=O)NC(=O)NC1=O.O=P(O)(O)O.[H-].[Na+]. The molecule has 0 unspecified atom stereocenters. The predicted molar refractivity (Wildman–Crippen MR) is 60.1 cm³/mol. The van der Waals surface area contributed by atoms with E-state index < -0.39 is 31.1 Å². The van der Waals surface area contributed by atoms with Gasteiger partial charge in [-0.25, -0.2) is 9.36 Å². The molecule has 0 aromatic heterocycles. The summed E-state index contributed by atoms with van der Waals surface area (Å²) >= 11 is 0. The average Bonchev–Trinajstić information content (AvgIpc) is 2.15. The number of carbonyl (C=O) groups excluding carboxylic acids is 3. The number of urea groups is 1. The molecule has 1 fully saturated rings. The van der Waals surface area contributed by atoms with Gasteiger partial charge in [-0.2, -0.15) is 0 Å². The minimum absolute atomic E-state index is 0. The molecule has 0 bridgehead atoms. The monoisotopic (exact) mass is 306 g/mol. The number of amides is 4. The molecule has 11 heteroatoms. The molecule has 106 valence electrons. The van der Waals surface area contributed by atoms with Crippen LogP contribution >= 0.6 is 7.82 Å². The zero-order valence-corrected chi connectivity index (χ0v) is 13.7. The molecular formula is C8H16N2NaO7P. The van der Waals surface area contributed by atoms with E-state index in [1.54, 1.807) is 13.8 Å². The number of hydrogen-bond acceptors (Lipinski definition) is 4. The Morgan fingerprint density at radius 2 is 1.32 bits per heavy atom. The first kappa shape index (κ1) is 21.0. The first-order chi connectivity index (χ1) is 8.06. The summed E-state index contributed by atoms with van der Waals surface area (Å²) in [6.07, 6.45) is 0.795. The van der Waals surface area contributed by atoms with Gasteiger partial charge in [-0.05, 0) is 12.8 Å². The van der Waals surface area contributed by atoms with Crippen molar-refractivity contribution in [2.45, 2.75) is 26.7 Å². The molecule has 1 aliphatic heterocycles. The number of barbiturate groups is 1. The van der Waals surface area contributed by atoms with Crippen molar-refractivity contribution in [3.05, 3.63) is 0 Å². The Balaban J connectivity index is -0.000000361. The number of rotatable bonds is 2. The maximum atomic E-state index is 11.4. The van der Waals surface area contributed by atoms with Crippen LogP contribution in [0.25, 0.3) is 0 Å². The second kappa shape index (κ2) is 8.11. The van der Waals surface area contributed by atoms with E-state index in [1.807, 2.05) is 0 Å². The Morgan fingerprint density at radius 3 is 1.53 bits per heavy atom. The molecule has 0 aromatic carbocycles. The first-order valence-corrected chi connectivity index (χ1v) is 6.58. The summed E-state index contributed by atoms with van der Waals surface area (Å²) in [5.41, 5.74) is -1.06. The summed E-state index contributed by atoms with van der Waals surface area (Å²) < 4.78 is 8.88. The van der Waals surface area contributed by atoms with Crippen LogP contribution in [0.15, 0.2) is 0 Å². The van der Waals surface area contributed by atoms with Gasteiger partial charge in [0.1, 0.15) is 5.41 Å². The standard InChI is InChI=1S/C8H12N2O3.Na.H3O4P.H/c1-3-8(4-2)5(11)9-7(13)10-6(8)12;;1-5(2,3)4;/h3-4H2,1-2H3,(H2,9,10,11,12,13);;(H3,1,2,3,4);/q;+1;;-1. The maximum Gasteiger partial charge on any atom is 1.00 e. The van der Waals surface area contributed by atoms with Gasteiger partial charge < -0.3 is 16.1 Å². The van der Waals surface area contributed by atoms with Crippen molar-refractivity contribution in [3.63, 3.8) is 0 Å². The maximum absolute atomic E-state index is 11.4. The van der Waals surface area contributed by atoms with Crippen LogP contribution in [0.4, 0.5) is 4.79 Å². The third-order valence-corrected chi connectivity index (χ3v) is 2.53. The summed E-state index contributed by atoms with van der Waals surface area (Å²) in [5.74, 6) is -0.988. The van der Waals surface area contributed by atoms with Crippen LogP contribution in [0.2, 0.25) is 0 Å². The Hall–Kier alpha value is -0.280. The quantitative estimate of drug-likeness (QED) is 0.200. The van der Waals surface area contributed by atoms with Crippen LogP contribution < -0.4 is 40.2 Å². The van der Waals surface area contributed by atoms with Crippen LogP contribution in [0.5, 0.6) is 0 Å². The smallest absolute Gasteiger partial charge is 1.00 e. The van der Waals surface area contributed by atoms with Crippen molar-refractivity contribution in [1.82, 2.24) is 10.6 Å². The number of hydrogen-bond donors (Lipinski definition) is 5. The normalized spacial score (nSPS) is 17.4. The third-order valence-electron chi connectivity index (χ3n) is 2.53. The molecule has 0 radical (unpaired) electrons. The Labute approximate surface area is 133 Å². The predicted octanol–water partition coefficient (Wildman–Crippen LogP) is -3.65. The van der Waals surface area contributed by atoms with Gasteiger partial charge in [-0.1, -0.05) is 13.8 Å². The van der Waals surface area contributed by atoms with Crippen LogP contribution in [0, 0.1) is 5.41 Å². The van der Waals surface area contributed by atoms with E-state index >= 15 is 0 Å². The zero-order chi connectivity index (χ0) is 14.6. The van der Waals surface area contributed by atoms with E-state index in [9.17, 15) is 14.4 Å². The van der Waals surface area contributed by atoms with Crippen molar-refractivity contribution >= 4 is 25.7 Å². The Bertz CT molecular complexity index is 379. The van der Waals surface area contributed by atoms with Crippen LogP contribution in [-0.4, -0.2) is 32.5 Å². The fourth-order valence-corrected chi connectivity index (χ4v) is 1.47. The summed E-state index contributed by atoms with van der Waals surface area (Å²) in [4.78, 5) is 55.1. The van der Waals surface area contributed by atoms with Crippen LogP contribution in [0.3, 0.4) is 0 Å². The van der Waals surface area contributed by atoms with Gasteiger partial charge in [0.15, 0.2) is 0 Å². The van der Waals surface area contributed by atoms with E-state index in [-0.39, 0.29) is 31.0 Å². The van der Waals surface area contributed by atoms with E-state index in [0.717, 1.165) is 0 Å². The number of carbonyl (C=O) groups is 3. The number of imide groups is 2. The number of nitrogens with one attached hydrogen (secondary N) is 2.